The quantitative estimate of drug-likeness (QED) is 0.170. The van der Waals surface area contributed by atoms with E-state index in [2.05, 4.69) is 38.6 Å². The molecular formula is C24H30IN5O2. The number of benzene rings is 2. The zero-order valence-electron chi connectivity index (χ0n) is 18.3. The van der Waals surface area contributed by atoms with E-state index in [-0.39, 0.29) is 24.0 Å². The van der Waals surface area contributed by atoms with Crippen LogP contribution in [0, 0.1) is 0 Å². The van der Waals surface area contributed by atoms with E-state index in [1.165, 1.54) is 24.0 Å². The second-order valence-electron chi connectivity index (χ2n) is 7.78. The first-order valence-electron chi connectivity index (χ1n) is 10.9. The third-order valence-electron chi connectivity index (χ3n) is 5.52. The molecule has 1 aromatic heterocycles. The summed E-state index contributed by atoms with van der Waals surface area (Å²) in [7, 11) is 1.64. The van der Waals surface area contributed by atoms with Gasteiger partial charge in [-0.3, -0.25) is 4.99 Å². The second-order valence-corrected chi connectivity index (χ2v) is 7.78. The minimum Gasteiger partial charge on any atom is -0.497 e. The van der Waals surface area contributed by atoms with Gasteiger partial charge in [-0.1, -0.05) is 17.6 Å². The fraction of sp³-hybridized carbons (Fsp3) is 0.375. The first-order valence-corrected chi connectivity index (χ1v) is 10.9. The van der Waals surface area contributed by atoms with Crippen LogP contribution in [0.2, 0.25) is 0 Å². The highest BCUT2D eigenvalue weighted by Crippen LogP contribution is 2.25. The van der Waals surface area contributed by atoms with E-state index in [4.69, 9.17) is 15.0 Å². The highest BCUT2D eigenvalue weighted by atomic mass is 127. The molecule has 0 amide bonds. The van der Waals surface area contributed by atoms with Gasteiger partial charge in [-0.05, 0) is 79.6 Å². The molecule has 7 nitrogen and oxygen atoms in total. The monoisotopic (exact) mass is 547 g/mol. The molecule has 0 spiro atoms. The second kappa shape index (κ2) is 11.8. The number of aliphatic imine (C=N–C) groups is 1. The van der Waals surface area contributed by atoms with Gasteiger partial charge in [-0.2, -0.15) is 4.98 Å². The van der Waals surface area contributed by atoms with Crippen LogP contribution < -0.4 is 15.8 Å². The van der Waals surface area contributed by atoms with Crippen molar-refractivity contribution in [3.63, 3.8) is 0 Å². The van der Waals surface area contributed by atoms with Crippen molar-refractivity contribution >= 4 is 35.6 Å². The SMILES string of the molecule is COc1ccc(-c2noc(CCCCCN=C(N)Nc3ccc4c(c3)CCC4)n2)cc1.I. The standard InChI is InChI=1S/C24H29N5O2.HI/c1-30-21-13-10-18(11-14-21)23-28-22(31-29-23)8-3-2-4-15-26-24(25)27-20-12-9-17-6-5-7-19(17)16-20;/h9-14,16H,2-8,15H2,1H3,(H3,25,26,27);1H. The molecule has 170 valence electrons. The number of nitrogens with zero attached hydrogens (tertiary/aromatic N) is 3. The molecule has 3 aromatic rings. The van der Waals surface area contributed by atoms with Gasteiger partial charge in [0.25, 0.3) is 0 Å². The number of hydrogen-bond donors (Lipinski definition) is 2. The molecule has 0 saturated heterocycles. The van der Waals surface area contributed by atoms with Crippen molar-refractivity contribution in [1.29, 1.82) is 0 Å². The molecule has 32 heavy (non-hydrogen) atoms. The van der Waals surface area contributed by atoms with E-state index >= 15 is 0 Å². The number of guanidine groups is 1. The van der Waals surface area contributed by atoms with Crippen LogP contribution in [-0.4, -0.2) is 29.8 Å². The summed E-state index contributed by atoms with van der Waals surface area (Å²) in [5.41, 5.74) is 10.8. The zero-order chi connectivity index (χ0) is 21.5. The number of unbranched alkanes of at least 4 members (excludes halogenated alkanes) is 2. The maximum absolute atomic E-state index is 6.03. The van der Waals surface area contributed by atoms with Gasteiger partial charge in [-0.15, -0.1) is 24.0 Å². The van der Waals surface area contributed by atoms with E-state index in [1.807, 2.05) is 24.3 Å². The van der Waals surface area contributed by atoms with Crippen LogP contribution in [0.15, 0.2) is 52.0 Å². The number of halogens is 1. The van der Waals surface area contributed by atoms with Gasteiger partial charge in [0.15, 0.2) is 5.96 Å². The Hall–Kier alpha value is -2.62. The number of nitrogens with two attached hydrogens (primary N) is 1. The van der Waals surface area contributed by atoms with Crippen LogP contribution in [0.25, 0.3) is 11.4 Å². The number of hydrogen-bond acceptors (Lipinski definition) is 5. The molecule has 0 bridgehead atoms. The lowest BCUT2D eigenvalue weighted by atomic mass is 10.1. The van der Waals surface area contributed by atoms with Crippen LogP contribution in [0.5, 0.6) is 5.75 Å². The first kappa shape index (κ1) is 24.0. The van der Waals surface area contributed by atoms with E-state index in [0.717, 1.165) is 49.1 Å². The number of nitrogens with one attached hydrogen (secondary N) is 1. The lowest BCUT2D eigenvalue weighted by molar-refractivity contribution is 0.374. The molecule has 3 N–H and O–H groups in total. The van der Waals surface area contributed by atoms with Gasteiger partial charge in [0, 0.05) is 24.2 Å². The Morgan fingerprint density at radius 2 is 1.91 bits per heavy atom. The number of ether oxygens (including phenoxy) is 1. The maximum Gasteiger partial charge on any atom is 0.226 e. The van der Waals surface area contributed by atoms with Crippen LogP contribution in [0.1, 0.15) is 42.7 Å². The summed E-state index contributed by atoms with van der Waals surface area (Å²) in [5, 5.41) is 7.27. The molecule has 0 fully saturated rings. The lowest BCUT2D eigenvalue weighted by Crippen LogP contribution is -2.22. The number of fused-ring (bicyclic) bond motifs is 1. The Bertz CT molecular complexity index is 1030. The molecule has 8 heteroatoms. The number of rotatable bonds is 9. The van der Waals surface area contributed by atoms with Crippen molar-refractivity contribution < 1.29 is 9.26 Å². The Morgan fingerprint density at radius 1 is 1.09 bits per heavy atom. The highest BCUT2D eigenvalue weighted by molar-refractivity contribution is 14.0. The van der Waals surface area contributed by atoms with Crippen molar-refractivity contribution in [3.05, 3.63) is 59.5 Å². The molecule has 0 unspecified atom stereocenters. The van der Waals surface area contributed by atoms with Gasteiger partial charge < -0.3 is 20.3 Å². The van der Waals surface area contributed by atoms with Crippen molar-refractivity contribution in [2.24, 2.45) is 10.7 Å². The fourth-order valence-electron chi connectivity index (χ4n) is 3.82. The van der Waals surface area contributed by atoms with Gasteiger partial charge in [-0.25, -0.2) is 0 Å². The van der Waals surface area contributed by atoms with Crippen molar-refractivity contribution in [2.45, 2.75) is 44.9 Å². The summed E-state index contributed by atoms with van der Waals surface area (Å²) < 4.78 is 10.5. The van der Waals surface area contributed by atoms with E-state index in [0.29, 0.717) is 24.2 Å². The summed E-state index contributed by atoms with van der Waals surface area (Å²) >= 11 is 0. The number of anilines is 1. The van der Waals surface area contributed by atoms with E-state index in [9.17, 15) is 0 Å². The predicted octanol–water partition coefficient (Wildman–Crippen LogP) is 4.99. The number of methoxy groups -OCH3 is 1. The zero-order valence-corrected chi connectivity index (χ0v) is 20.7. The van der Waals surface area contributed by atoms with Crippen molar-refractivity contribution in [1.82, 2.24) is 10.1 Å². The van der Waals surface area contributed by atoms with Crippen LogP contribution >= 0.6 is 24.0 Å². The van der Waals surface area contributed by atoms with Gasteiger partial charge in [0.2, 0.25) is 11.7 Å². The summed E-state index contributed by atoms with van der Waals surface area (Å²) in [6, 6.07) is 14.1. The highest BCUT2D eigenvalue weighted by Gasteiger charge is 2.11. The Balaban J connectivity index is 0.00000289. The lowest BCUT2D eigenvalue weighted by Gasteiger charge is -2.08. The Kier molecular flexibility index (Phi) is 8.90. The molecule has 0 saturated carbocycles. The molecule has 2 aromatic carbocycles. The summed E-state index contributed by atoms with van der Waals surface area (Å²) in [4.78, 5) is 8.91. The molecule has 1 aliphatic carbocycles. The molecule has 4 rings (SSSR count). The molecule has 0 radical (unpaired) electrons. The minimum atomic E-state index is 0. The summed E-state index contributed by atoms with van der Waals surface area (Å²) in [6.07, 6.45) is 7.30. The Morgan fingerprint density at radius 3 is 2.72 bits per heavy atom. The van der Waals surface area contributed by atoms with Crippen LogP contribution in [0.3, 0.4) is 0 Å². The average molecular weight is 547 g/mol. The van der Waals surface area contributed by atoms with Crippen molar-refractivity contribution in [3.8, 4) is 17.1 Å². The number of aryl methyl sites for hydroxylation is 3. The normalized spacial score (nSPS) is 12.8. The van der Waals surface area contributed by atoms with Crippen LogP contribution in [0.4, 0.5) is 5.69 Å². The van der Waals surface area contributed by atoms with E-state index < -0.39 is 0 Å². The summed E-state index contributed by atoms with van der Waals surface area (Å²) in [5.74, 6) is 2.54. The molecule has 0 aliphatic heterocycles. The van der Waals surface area contributed by atoms with E-state index in [1.54, 1.807) is 7.11 Å². The van der Waals surface area contributed by atoms with Crippen molar-refractivity contribution in [2.75, 3.05) is 19.0 Å². The molecule has 1 aliphatic rings. The third-order valence-corrected chi connectivity index (χ3v) is 5.52. The van der Waals surface area contributed by atoms with Gasteiger partial charge in [0.1, 0.15) is 5.75 Å². The maximum atomic E-state index is 6.03. The van der Waals surface area contributed by atoms with Crippen LogP contribution in [-0.2, 0) is 19.3 Å². The predicted molar refractivity (Wildman–Crippen MR) is 138 cm³/mol. The minimum absolute atomic E-state index is 0. The Labute approximate surface area is 205 Å². The topological polar surface area (TPSA) is 98.6 Å². The largest absolute Gasteiger partial charge is 0.497 e. The average Bonchev–Trinajstić information content (AvgIpc) is 3.45. The van der Waals surface area contributed by atoms with Gasteiger partial charge in [0.05, 0.1) is 7.11 Å². The molecule has 0 atom stereocenters. The molecular weight excluding hydrogens is 517 g/mol. The third kappa shape index (κ3) is 6.44. The van der Waals surface area contributed by atoms with Gasteiger partial charge >= 0.3 is 0 Å². The fourth-order valence-corrected chi connectivity index (χ4v) is 3.82. The summed E-state index contributed by atoms with van der Waals surface area (Å²) in [6.45, 7) is 0.699. The first-order chi connectivity index (χ1) is 15.2. The smallest absolute Gasteiger partial charge is 0.226 e. The number of aromatic nitrogens is 2. The molecule has 1 heterocycles.